The summed E-state index contributed by atoms with van der Waals surface area (Å²) in [6.07, 6.45) is -0.452. The van der Waals surface area contributed by atoms with E-state index in [1.807, 2.05) is 42.5 Å². The van der Waals surface area contributed by atoms with Crippen LogP contribution in [0.3, 0.4) is 0 Å². The molecule has 3 aromatic rings. The molecule has 1 atom stereocenters. The smallest absolute Gasteiger partial charge is 0.0889 e. The van der Waals surface area contributed by atoms with Gasteiger partial charge in [0.05, 0.1) is 6.10 Å². The van der Waals surface area contributed by atoms with Crippen LogP contribution in [-0.4, -0.2) is 10.9 Å². The minimum Gasteiger partial charge on any atom is -0.388 e. The number of aliphatic hydroxyl groups excluding tert-OH is 1. The van der Waals surface area contributed by atoms with Gasteiger partial charge in [-0.25, -0.2) is 0 Å². The van der Waals surface area contributed by atoms with Crippen LogP contribution >= 0.6 is 11.8 Å². The number of hydrogen-bond donors (Lipinski definition) is 1. The van der Waals surface area contributed by atoms with Gasteiger partial charge >= 0.3 is 0 Å². The zero-order valence-corrected chi connectivity index (χ0v) is 11.9. The second-order valence-corrected chi connectivity index (χ2v) is 5.80. The molecule has 0 spiro atoms. The van der Waals surface area contributed by atoms with Gasteiger partial charge in [0.2, 0.25) is 0 Å². The van der Waals surface area contributed by atoms with E-state index in [9.17, 15) is 5.11 Å². The number of aliphatic hydroxyl groups is 1. The Morgan fingerprint density at radius 3 is 2.35 bits per heavy atom. The molecule has 100 valence electrons. The molecule has 1 nitrogen and oxygen atoms in total. The first-order valence-electron chi connectivity index (χ1n) is 6.68. The summed E-state index contributed by atoms with van der Waals surface area (Å²) in [7, 11) is 0. The molecule has 0 bridgehead atoms. The molecule has 0 saturated heterocycles. The summed E-state index contributed by atoms with van der Waals surface area (Å²) in [5.74, 6) is 0.665. The molecular formula is C18H16OS. The number of benzene rings is 3. The van der Waals surface area contributed by atoms with Crippen LogP contribution in [0.2, 0.25) is 0 Å². The Balaban J connectivity index is 1.80. The number of fused-ring (bicyclic) bond motifs is 1. The number of rotatable bonds is 4. The quantitative estimate of drug-likeness (QED) is 0.701. The Morgan fingerprint density at radius 1 is 0.800 bits per heavy atom. The molecule has 1 N–H and O–H groups in total. The van der Waals surface area contributed by atoms with E-state index in [0.29, 0.717) is 5.75 Å². The lowest BCUT2D eigenvalue weighted by Crippen LogP contribution is -2.01. The first kappa shape index (κ1) is 13.2. The predicted molar refractivity (Wildman–Crippen MR) is 86.1 cm³/mol. The van der Waals surface area contributed by atoms with Crippen LogP contribution in [0.1, 0.15) is 11.7 Å². The highest BCUT2D eigenvalue weighted by Crippen LogP contribution is 2.29. The Labute approximate surface area is 123 Å². The number of hydrogen-bond acceptors (Lipinski definition) is 2. The standard InChI is InChI=1S/C18H16OS/c19-18(13-20-15-9-2-1-3-10-15)17-12-6-8-14-7-4-5-11-16(14)17/h1-12,18-19H,13H2. The van der Waals surface area contributed by atoms with E-state index in [-0.39, 0.29) is 0 Å². The van der Waals surface area contributed by atoms with Gasteiger partial charge in [0.1, 0.15) is 0 Å². The first-order chi connectivity index (χ1) is 9.84. The zero-order valence-electron chi connectivity index (χ0n) is 11.1. The van der Waals surface area contributed by atoms with E-state index in [1.54, 1.807) is 11.8 Å². The van der Waals surface area contributed by atoms with Crippen molar-refractivity contribution in [3.05, 3.63) is 78.4 Å². The van der Waals surface area contributed by atoms with E-state index in [0.717, 1.165) is 10.9 Å². The predicted octanol–water partition coefficient (Wildman–Crippen LogP) is 4.67. The molecule has 3 rings (SSSR count). The molecule has 0 amide bonds. The first-order valence-corrected chi connectivity index (χ1v) is 7.67. The molecule has 0 aliphatic carbocycles. The highest BCUT2D eigenvalue weighted by atomic mass is 32.2. The second kappa shape index (κ2) is 6.12. The fourth-order valence-corrected chi connectivity index (χ4v) is 3.20. The van der Waals surface area contributed by atoms with Gasteiger partial charge in [-0.1, -0.05) is 60.7 Å². The van der Waals surface area contributed by atoms with E-state index < -0.39 is 6.10 Å². The summed E-state index contributed by atoms with van der Waals surface area (Å²) in [6, 6.07) is 24.5. The highest BCUT2D eigenvalue weighted by Gasteiger charge is 2.11. The van der Waals surface area contributed by atoms with Crippen LogP contribution in [0.15, 0.2) is 77.7 Å². The van der Waals surface area contributed by atoms with Crippen LogP contribution in [0, 0.1) is 0 Å². The molecular weight excluding hydrogens is 264 g/mol. The van der Waals surface area contributed by atoms with Crippen LogP contribution in [0.4, 0.5) is 0 Å². The van der Waals surface area contributed by atoms with Crippen LogP contribution < -0.4 is 0 Å². The van der Waals surface area contributed by atoms with Gasteiger partial charge in [-0.15, -0.1) is 11.8 Å². The molecule has 0 fully saturated rings. The molecule has 1 unspecified atom stereocenters. The molecule has 20 heavy (non-hydrogen) atoms. The average Bonchev–Trinajstić information content (AvgIpc) is 2.53. The topological polar surface area (TPSA) is 20.2 Å². The fraction of sp³-hybridized carbons (Fsp3) is 0.111. The third kappa shape index (κ3) is 2.87. The van der Waals surface area contributed by atoms with Gasteiger partial charge in [-0.2, -0.15) is 0 Å². The normalized spacial score (nSPS) is 12.4. The molecule has 0 radical (unpaired) electrons. The van der Waals surface area contributed by atoms with Gasteiger partial charge in [-0.05, 0) is 28.5 Å². The van der Waals surface area contributed by atoms with Gasteiger partial charge in [0.25, 0.3) is 0 Å². The maximum Gasteiger partial charge on any atom is 0.0889 e. The van der Waals surface area contributed by atoms with E-state index >= 15 is 0 Å². The lowest BCUT2D eigenvalue weighted by molar-refractivity contribution is 0.205. The van der Waals surface area contributed by atoms with Crippen molar-refractivity contribution in [1.82, 2.24) is 0 Å². The molecule has 0 heterocycles. The van der Waals surface area contributed by atoms with Crippen LogP contribution in [0.5, 0.6) is 0 Å². The van der Waals surface area contributed by atoms with Crippen LogP contribution in [0.25, 0.3) is 10.8 Å². The van der Waals surface area contributed by atoms with Gasteiger partial charge in [-0.3, -0.25) is 0 Å². The summed E-state index contributed by atoms with van der Waals surface area (Å²) in [5.41, 5.74) is 1.01. The van der Waals surface area contributed by atoms with Crippen molar-refractivity contribution in [2.45, 2.75) is 11.0 Å². The van der Waals surface area contributed by atoms with Crippen molar-refractivity contribution in [2.75, 3.05) is 5.75 Å². The van der Waals surface area contributed by atoms with Gasteiger partial charge < -0.3 is 5.11 Å². The van der Waals surface area contributed by atoms with Crippen LogP contribution in [-0.2, 0) is 0 Å². The Bertz CT molecular complexity index is 689. The zero-order chi connectivity index (χ0) is 13.8. The van der Waals surface area contributed by atoms with E-state index in [2.05, 4.69) is 30.3 Å². The third-order valence-electron chi connectivity index (χ3n) is 3.33. The van der Waals surface area contributed by atoms with Crippen molar-refractivity contribution in [1.29, 1.82) is 0 Å². The highest BCUT2D eigenvalue weighted by molar-refractivity contribution is 7.99. The summed E-state index contributed by atoms with van der Waals surface area (Å²) < 4.78 is 0. The Morgan fingerprint density at radius 2 is 1.50 bits per heavy atom. The minimum absolute atomic E-state index is 0.452. The fourth-order valence-electron chi connectivity index (χ4n) is 2.32. The monoisotopic (exact) mass is 280 g/mol. The van der Waals surface area contributed by atoms with Crippen molar-refractivity contribution >= 4 is 22.5 Å². The summed E-state index contributed by atoms with van der Waals surface area (Å²) in [5, 5.41) is 12.8. The molecule has 0 saturated carbocycles. The second-order valence-electron chi connectivity index (χ2n) is 4.71. The maximum absolute atomic E-state index is 10.5. The summed E-state index contributed by atoms with van der Waals surface area (Å²) >= 11 is 1.68. The molecule has 2 heteroatoms. The SMILES string of the molecule is OC(CSc1ccccc1)c1cccc2ccccc12. The summed E-state index contributed by atoms with van der Waals surface area (Å²) in [6.45, 7) is 0. The average molecular weight is 280 g/mol. The summed E-state index contributed by atoms with van der Waals surface area (Å²) in [4.78, 5) is 1.19. The van der Waals surface area contributed by atoms with Gasteiger partial charge in [0, 0.05) is 10.6 Å². The Kier molecular flexibility index (Phi) is 4.05. The number of thioether (sulfide) groups is 1. The lowest BCUT2D eigenvalue weighted by Gasteiger charge is -2.13. The molecule has 0 aromatic heterocycles. The Hall–Kier alpha value is -1.77. The van der Waals surface area contributed by atoms with Crippen molar-refractivity contribution in [3.63, 3.8) is 0 Å². The minimum atomic E-state index is -0.452. The van der Waals surface area contributed by atoms with Crippen molar-refractivity contribution in [3.8, 4) is 0 Å². The van der Waals surface area contributed by atoms with Gasteiger partial charge in [0.15, 0.2) is 0 Å². The lowest BCUT2D eigenvalue weighted by atomic mass is 10.0. The van der Waals surface area contributed by atoms with Crippen molar-refractivity contribution in [2.24, 2.45) is 0 Å². The van der Waals surface area contributed by atoms with E-state index in [4.69, 9.17) is 0 Å². The molecule has 0 aliphatic rings. The third-order valence-corrected chi connectivity index (χ3v) is 4.42. The van der Waals surface area contributed by atoms with Crippen molar-refractivity contribution < 1.29 is 5.11 Å². The van der Waals surface area contributed by atoms with E-state index in [1.165, 1.54) is 10.3 Å². The molecule has 3 aromatic carbocycles. The molecule has 0 aliphatic heterocycles. The maximum atomic E-state index is 10.5. The largest absolute Gasteiger partial charge is 0.388 e.